The van der Waals surface area contributed by atoms with Gasteiger partial charge in [-0.15, -0.1) is 0 Å². The summed E-state index contributed by atoms with van der Waals surface area (Å²) in [6.45, 7) is 1.01. The van der Waals surface area contributed by atoms with Crippen LogP contribution < -0.4 is 5.32 Å². The Hall–Kier alpha value is -2.65. The van der Waals surface area contributed by atoms with Crippen LogP contribution in [0.3, 0.4) is 0 Å². The van der Waals surface area contributed by atoms with E-state index in [2.05, 4.69) is 4.74 Å². The molecule has 0 saturated heterocycles. The molecule has 0 unspecified atom stereocenters. The van der Waals surface area contributed by atoms with E-state index in [1.807, 2.05) is 5.32 Å². The van der Waals surface area contributed by atoms with Crippen LogP contribution in [0.25, 0.3) is 0 Å². The van der Waals surface area contributed by atoms with E-state index < -0.39 is 45.5 Å². The van der Waals surface area contributed by atoms with Crippen molar-refractivity contribution in [2.45, 2.75) is 13.1 Å². The van der Waals surface area contributed by atoms with Gasteiger partial charge in [0.15, 0.2) is 0 Å². The van der Waals surface area contributed by atoms with Crippen LogP contribution in [-0.2, 0) is 15.7 Å². The first kappa shape index (κ1) is 16.4. The Labute approximate surface area is 115 Å². The van der Waals surface area contributed by atoms with Crippen molar-refractivity contribution in [2.75, 3.05) is 12.4 Å². The van der Waals surface area contributed by atoms with Crippen molar-refractivity contribution in [2.24, 2.45) is 0 Å². The Morgan fingerprint density at radius 2 is 1.90 bits per heavy atom. The third-order valence-corrected chi connectivity index (χ3v) is 2.35. The maximum atomic E-state index is 12.8. The van der Waals surface area contributed by atoms with Crippen LogP contribution in [0.4, 0.5) is 24.5 Å². The van der Waals surface area contributed by atoms with Crippen molar-refractivity contribution in [3.8, 4) is 0 Å². The number of methoxy groups -OCH3 is 1. The van der Waals surface area contributed by atoms with Gasteiger partial charge >= 0.3 is 12.1 Å². The fraction of sp³-hybridized carbons (Fsp3) is 0.273. The molecule has 10 heteroatoms. The lowest BCUT2D eigenvalue weighted by atomic mass is 10.1. The highest BCUT2D eigenvalue weighted by molar-refractivity contribution is 6.01. The number of halogens is 3. The number of hydrogen-bond donors (Lipinski definition) is 1. The van der Waals surface area contributed by atoms with Crippen molar-refractivity contribution in [3.63, 3.8) is 0 Å². The van der Waals surface area contributed by atoms with E-state index in [0.29, 0.717) is 12.1 Å². The van der Waals surface area contributed by atoms with E-state index in [1.54, 1.807) is 0 Å². The number of amides is 1. The summed E-state index contributed by atoms with van der Waals surface area (Å²) in [6, 6.07) is 0.742. The molecule has 0 aliphatic rings. The molecule has 0 heterocycles. The van der Waals surface area contributed by atoms with E-state index in [4.69, 9.17) is 0 Å². The van der Waals surface area contributed by atoms with E-state index >= 15 is 0 Å². The van der Waals surface area contributed by atoms with Gasteiger partial charge in [0.2, 0.25) is 5.91 Å². The van der Waals surface area contributed by atoms with Crippen LogP contribution in [0.15, 0.2) is 12.1 Å². The lowest BCUT2D eigenvalue weighted by Gasteiger charge is -2.13. The molecule has 7 nitrogen and oxygen atoms in total. The fourth-order valence-electron chi connectivity index (χ4n) is 1.54. The standard InChI is InChI=1S/C11H9F3N2O5/c1-5(17)15-8-4-7(11(12,13)14)9(16(19)20)3-6(8)10(18)21-2/h3-4H,1-2H3,(H,15,17). The van der Waals surface area contributed by atoms with Crippen LogP contribution in [0.5, 0.6) is 0 Å². The summed E-state index contributed by atoms with van der Waals surface area (Å²) in [7, 11) is 0.948. The normalized spacial score (nSPS) is 10.9. The molecular weight excluding hydrogens is 297 g/mol. The number of benzene rings is 1. The number of carbonyl (C=O) groups excluding carboxylic acids is 2. The van der Waals surface area contributed by atoms with E-state index in [1.165, 1.54) is 0 Å². The molecule has 0 bridgehead atoms. The molecule has 0 spiro atoms. The molecule has 1 rings (SSSR count). The number of nitrogens with zero attached hydrogens (tertiary/aromatic N) is 1. The summed E-state index contributed by atoms with van der Waals surface area (Å²) in [5.41, 5.74) is -3.96. The maximum Gasteiger partial charge on any atom is 0.423 e. The molecule has 1 N–H and O–H groups in total. The molecule has 114 valence electrons. The fourth-order valence-corrected chi connectivity index (χ4v) is 1.54. The number of carbonyl (C=O) groups is 2. The number of alkyl halides is 3. The zero-order valence-corrected chi connectivity index (χ0v) is 10.8. The van der Waals surface area contributed by atoms with Gasteiger partial charge in [0, 0.05) is 13.0 Å². The zero-order valence-electron chi connectivity index (χ0n) is 10.8. The average molecular weight is 306 g/mol. The number of rotatable bonds is 3. The monoisotopic (exact) mass is 306 g/mol. The van der Waals surface area contributed by atoms with Gasteiger partial charge in [-0.2, -0.15) is 13.2 Å². The minimum atomic E-state index is -5.02. The van der Waals surface area contributed by atoms with Crippen LogP contribution in [0.2, 0.25) is 0 Å². The zero-order chi connectivity index (χ0) is 16.4. The first-order chi connectivity index (χ1) is 9.57. The highest BCUT2D eigenvalue weighted by Gasteiger charge is 2.40. The quantitative estimate of drug-likeness (QED) is 0.525. The molecule has 0 aromatic heterocycles. The second-order valence-electron chi connectivity index (χ2n) is 3.84. The molecule has 21 heavy (non-hydrogen) atoms. The third kappa shape index (κ3) is 3.68. The predicted molar refractivity (Wildman–Crippen MR) is 63.7 cm³/mol. The van der Waals surface area contributed by atoms with E-state index in [0.717, 1.165) is 14.0 Å². The summed E-state index contributed by atoms with van der Waals surface area (Å²) in [5, 5.41) is 12.7. The molecular formula is C11H9F3N2O5. The van der Waals surface area contributed by atoms with Gasteiger partial charge in [0.1, 0.15) is 5.56 Å². The highest BCUT2D eigenvalue weighted by atomic mass is 19.4. The highest BCUT2D eigenvalue weighted by Crippen LogP contribution is 2.39. The van der Waals surface area contributed by atoms with Crippen molar-refractivity contribution < 1.29 is 32.4 Å². The lowest BCUT2D eigenvalue weighted by Crippen LogP contribution is -2.16. The number of ether oxygens (including phenoxy) is 1. The Morgan fingerprint density at radius 1 is 1.33 bits per heavy atom. The lowest BCUT2D eigenvalue weighted by molar-refractivity contribution is -0.388. The van der Waals surface area contributed by atoms with Crippen LogP contribution in [0.1, 0.15) is 22.8 Å². The Bertz CT molecular complexity index is 613. The minimum Gasteiger partial charge on any atom is -0.465 e. The summed E-state index contributed by atoms with van der Waals surface area (Å²) in [6.07, 6.45) is -5.02. The topological polar surface area (TPSA) is 98.5 Å². The second kappa shape index (κ2) is 5.77. The first-order valence-corrected chi connectivity index (χ1v) is 5.33. The van der Waals surface area contributed by atoms with Gasteiger partial charge in [-0.3, -0.25) is 14.9 Å². The molecule has 0 saturated carbocycles. The Balaban J connectivity index is 3.65. The number of nitrogens with one attached hydrogen (secondary N) is 1. The van der Waals surface area contributed by atoms with Gasteiger partial charge in [0.05, 0.1) is 23.3 Å². The van der Waals surface area contributed by atoms with E-state index in [-0.39, 0.29) is 0 Å². The summed E-state index contributed by atoms with van der Waals surface area (Å²) in [5.74, 6) is -1.86. The molecule has 0 atom stereocenters. The second-order valence-corrected chi connectivity index (χ2v) is 3.84. The van der Waals surface area contributed by atoms with Crippen LogP contribution >= 0.6 is 0 Å². The SMILES string of the molecule is COC(=O)c1cc([N+](=O)[O-])c(C(F)(F)F)cc1NC(C)=O. The minimum absolute atomic E-state index is 0.325. The van der Waals surface area contributed by atoms with Gasteiger partial charge in [-0.05, 0) is 6.07 Å². The van der Waals surface area contributed by atoms with Gasteiger partial charge in [0.25, 0.3) is 5.69 Å². The molecule has 1 aromatic rings. The molecule has 0 aliphatic carbocycles. The number of esters is 1. The Morgan fingerprint density at radius 3 is 2.29 bits per heavy atom. The number of anilines is 1. The van der Waals surface area contributed by atoms with Crippen molar-refractivity contribution in [3.05, 3.63) is 33.4 Å². The van der Waals surface area contributed by atoms with Gasteiger partial charge in [-0.25, -0.2) is 4.79 Å². The van der Waals surface area contributed by atoms with E-state index in [9.17, 15) is 32.9 Å². The van der Waals surface area contributed by atoms with Crippen LogP contribution in [-0.4, -0.2) is 23.9 Å². The van der Waals surface area contributed by atoms with Gasteiger partial charge < -0.3 is 10.1 Å². The van der Waals surface area contributed by atoms with Gasteiger partial charge in [-0.1, -0.05) is 0 Å². The maximum absolute atomic E-state index is 12.8. The number of nitro benzene ring substituents is 1. The number of hydrogen-bond acceptors (Lipinski definition) is 5. The Kier molecular flexibility index (Phi) is 4.51. The summed E-state index contributed by atoms with van der Waals surface area (Å²) in [4.78, 5) is 31.9. The predicted octanol–water partition coefficient (Wildman–Crippen LogP) is 2.36. The summed E-state index contributed by atoms with van der Waals surface area (Å²) < 4.78 is 42.7. The van der Waals surface area contributed by atoms with Crippen molar-refractivity contribution >= 4 is 23.3 Å². The largest absolute Gasteiger partial charge is 0.465 e. The third-order valence-electron chi connectivity index (χ3n) is 2.35. The number of nitro groups is 1. The van der Waals surface area contributed by atoms with Crippen LogP contribution in [0, 0.1) is 10.1 Å². The van der Waals surface area contributed by atoms with Crippen molar-refractivity contribution in [1.29, 1.82) is 0 Å². The summed E-state index contributed by atoms with van der Waals surface area (Å²) >= 11 is 0. The first-order valence-electron chi connectivity index (χ1n) is 5.33. The molecule has 0 fully saturated rings. The molecule has 0 aliphatic heterocycles. The molecule has 0 radical (unpaired) electrons. The molecule has 1 amide bonds. The molecule has 1 aromatic carbocycles. The average Bonchev–Trinajstić information content (AvgIpc) is 2.35. The smallest absolute Gasteiger partial charge is 0.423 e. The van der Waals surface area contributed by atoms with Crippen molar-refractivity contribution in [1.82, 2.24) is 0 Å².